The molecule has 0 radical (unpaired) electrons. The summed E-state index contributed by atoms with van der Waals surface area (Å²) in [6.45, 7) is 0.605. The average molecular weight is 455 g/mol. The van der Waals surface area contributed by atoms with Crippen LogP contribution < -0.4 is 14.8 Å². The zero-order valence-corrected chi connectivity index (χ0v) is 18.9. The van der Waals surface area contributed by atoms with Gasteiger partial charge >= 0.3 is 0 Å². The molecule has 3 aromatic rings. The van der Waals surface area contributed by atoms with Crippen molar-refractivity contribution < 1.29 is 18.7 Å². The van der Waals surface area contributed by atoms with Crippen LogP contribution in [0.2, 0.25) is 5.02 Å². The van der Waals surface area contributed by atoms with Crippen molar-refractivity contribution in [2.45, 2.75) is 50.5 Å². The van der Waals surface area contributed by atoms with Crippen molar-refractivity contribution in [3.05, 3.63) is 52.9 Å². The van der Waals surface area contributed by atoms with Crippen molar-refractivity contribution in [3.63, 3.8) is 0 Å². The van der Waals surface area contributed by atoms with Crippen LogP contribution in [-0.4, -0.2) is 30.6 Å². The van der Waals surface area contributed by atoms with Gasteiger partial charge in [-0.15, -0.1) is 0 Å². The molecule has 1 aromatic heterocycles. The van der Waals surface area contributed by atoms with E-state index >= 15 is 0 Å². The van der Waals surface area contributed by atoms with E-state index in [9.17, 15) is 4.79 Å². The van der Waals surface area contributed by atoms with Crippen LogP contribution in [0.4, 0.5) is 0 Å². The van der Waals surface area contributed by atoms with Crippen molar-refractivity contribution in [1.29, 1.82) is 0 Å². The number of nitrogens with zero attached hydrogens (tertiary/aromatic N) is 1. The van der Waals surface area contributed by atoms with Crippen molar-refractivity contribution in [1.82, 2.24) is 10.3 Å². The molecule has 2 heterocycles. The van der Waals surface area contributed by atoms with Crippen LogP contribution in [-0.2, 0) is 11.2 Å². The molecule has 2 aliphatic rings. The molecule has 1 N–H and O–H groups in total. The van der Waals surface area contributed by atoms with E-state index in [0.717, 1.165) is 41.8 Å². The molecule has 2 atom stereocenters. The fraction of sp³-hybridized carbons (Fsp3) is 0.440. The molecular weight excluding hydrogens is 428 g/mol. The summed E-state index contributed by atoms with van der Waals surface area (Å²) in [5.41, 5.74) is 2.54. The Balaban J connectivity index is 1.33. The highest BCUT2D eigenvalue weighted by atomic mass is 35.5. The molecule has 1 aliphatic heterocycles. The number of rotatable bonds is 6. The third kappa shape index (κ3) is 4.42. The fourth-order valence-electron chi connectivity index (χ4n) is 4.80. The van der Waals surface area contributed by atoms with Crippen molar-refractivity contribution in [2.75, 3.05) is 13.7 Å². The zero-order chi connectivity index (χ0) is 22.1. The molecule has 1 amide bonds. The Labute approximate surface area is 192 Å². The van der Waals surface area contributed by atoms with Gasteiger partial charge in [0.05, 0.1) is 13.2 Å². The Hall–Kier alpha value is -2.73. The third-order valence-electron chi connectivity index (χ3n) is 6.53. The molecular formula is C25H27ClN2O4. The predicted octanol–water partition coefficient (Wildman–Crippen LogP) is 5.27. The second-order valence-corrected chi connectivity index (χ2v) is 9.17. The van der Waals surface area contributed by atoms with E-state index in [-0.39, 0.29) is 23.8 Å². The maximum absolute atomic E-state index is 12.6. The first-order valence-electron chi connectivity index (χ1n) is 11.3. The molecule has 5 rings (SSSR count). The highest BCUT2D eigenvalue weighted by Crippen LogP contribution is 2.37. The lowest BCUT2D eigenvalue weighted by molar-refractivity contribution is -0.127. The minimum Gasteiger partial charge on any atom is -0.493 e. The summed E-state index contributed by atoms with van der Waals surface area (Å²) >= 11 is 6.05. The Morgan fingerprint density at radius 3 is 2.81 bits per heavy atom. The number of amides is 1. The number of benzene rings is 2. The van der Waals surface area contributed by atoms with E-state index in [1.54, 1.807) is 19.2 Å². The van der Waals surface area contributed by atoms with Gasteiger partial charge < -0.3 is 19.2 Å². The number of fused-ring (bicyclic) bond motifs is 1. The van der Waals surface area contributed by atoms with E-state index in [1.807, 2.05) is 12.1 Å². The lowest BCUT2D eigenvalue weighted by Crippen LogP contribution is -2.41. The molecule has 0 unspecified atom stereocenters. The van der Waals surface area contributed by atoms with E-state index in [2.05, 4.69) is 22.4 Å². The van der Waals surface area contributed by atoms with Gasteiger partial charge in [0, 0.05) is 35.9 Å². The van der Waals surface area contributed by atoms with Crippen molar-refractivity contribution in [2.24, 2.45) is 5.92 Å². The Morgan fingerprint density at radius 1 is 1.16 bits per heavy atom. The first-order chi connectivity index (χ1) is 15.6. The number of aromatic nitrogens is 1. The quantitative estimate of drug-likeness (QED) is 0.549. The van der Waals surface area contributed by atoms with E-state index in [4.69, 9.17) is 25.5 Å². The summed E-state index contributed by atoms with van der Waals surface area (Å²) in [5, 5.41) is 3.67. The van der Waals surface area contributed by atoms with Crippen LogP contribution in [0.3, 0.4) is 0 Å². The minimum atomic E-state index is -0.210. The largest absolute Gasteiger partial charge is 0.493 e. The van der Waals surface area contributed by atoms with Gasteiger partial charge in [0.2, 0.25) is 5.91 Å². The number of piperidine rings is 1. The smallest absolute Gasteiger partial charge is 0.223 e. The molecule has 1 saturated heterocycles. The van der Waals surface area contributed by atoms with Gasteiger partial charge in [-0.1, -0.05) is 17.7 Å². The maximum Gasteiger partial charge on any atom is 0.223 e. The molecule has 32 heavy (non-hydrogen) atoms. The van der Waals surface area contributed by atoms with Crippen molar-refractivity contribution >= 4 is 28.6 Å². The zero-order valence-electron chi connectivity index (χ0n) is 18.1. The second kappa shape index (κ2) is 9.02. The summed E-state index contributed by atoms with van der Waals surface area (Å²) in [6.07, 6.45) is 6.04. The lowest BCUT2D eigenvalue weighted by atomic mass is 9.83. The molecule has 2 aromatic carbocycles. The van der Waals surface area contributed by atoms with E-state index < -0.39 is 0 Å². The minimum absolute atomic E-state index is 0.0393. The number of hydrogen-bond acceptors (Lipinski definition) is 5. The van der Waals surface area contributed by atoms with Crippen LogP contribution in [0.1, 0.15) is 49.5 Å². The van der Waals surface area contributed by atoms with Crippen LogP contribution in [0.25, 0.3) is 11.1 Å². The summed E-state index contributed by atoms with van der Waals surface area (Å²) < 4.78 is 17.6. The molecule has 0 bridgehead atoms. The maximum atomic E-state index is 12.6. The first-order valence-corrected chi connectivity index (χ1v) is 11.6. The highest BCUT2D eigenvalue weighted by molar-refractivity contribution is 6.31. The number of oxazole rings is 1. The van der Waals surface area contributed by atoms with Gasteiger partial charge in [0.15, 0.2) is 23.0 Å². The normalized spacial score (nSPS) is 21.6. The van der Waals surface area contributed by atoms with Gasteiger partial charge in [-0.25, -0.2) is 4.98 Å². The molecule has 2 fully saturated rings. The molecule has 168 valence electrons. The average Bonchev–Trinajstić information content (AvgIpc) is 3.44. The molecule has 7 heteroatoms. The number of carbonyl (C=O) groups is 1. The number of nitrogens with one attached hydrogen (secondary N) is 1. The standard InChI is InChI=1S/C25H27ClN2O4/c1-30-21-9-6-15(11-23(21)31-19-4-2-3-5-19)17-10-16(25(29)27-14-17)12-24-28-20-8-7-18(26)13-22(20)32-24/h6-9,11,13,16-17,19H,2-5,10,12,14H2,1H3,(H,27,29)/t16-,17+/m0/s1. The lowest BCUT2D eigenvalue weighted by Gasteiger charge is -2.29. The van der Waals surface area contributed by atoms with Gasteiger partial charge in [-0.3, -0.25) is 4.79 Å². The second-order valence-electron chi connectivity index (χ2n) is 8.73. The molecule has 1 saturated carbocycles. The van der Waals surface area contributed by atoms with Gasteiger partial charge in [-0.05, 0) is 61.9 Å². The Kier molecular flexibility index (Phi) is 5.96. The SMILES string of the molecule is COc1ccc([C@H]2CNC(=O)[C@H](Cc3nc4ccc(Cl)cc4o3)C2)cc1OC1CCCC1. The monoisotopic (exact) mass is 454 g/mol. The van der Waals surface area contributed by atoms with Crippen molar-refractivity contribution in [3.8, 4) is 11.5 Å². The molecule has 6 nitrogen and oxygen atoms in total. The number of halogens is 1. The van der Waals surface area contributed by atoms with Crippen LogP contribution in [0.5, 0.6) is 11.5 Å². The Morgan fingerprint density at radius 2 is 2.00 bits per heavy atom. The van der Waals surface area contributed by atoms with Crippen LogP contribution in [0, 0.1) is 5.92 Å². The summed E-state index contributed by atoms with van der Waals surface area (Å²) in [5.74, 6) is 2.12. The number of hydrogen-bond donors (Lipinski definition) is 1. The summed E-state index contributed by atoms with van der Waals surface area (Å²) in [4.78, 5) is 17.1. The van der Waals surface area contributed by atoms with Crippen LogP contribution >= 0.6 is 11.6 Å². The Bertz CT molecular complexity index is 1120. The fourth-order valence-corrected chi connectivity index (χ4v) is 4.96. The van der Waals surface area contributed by atoms with E-state index in [1.165, 1.54) is 12.8 Å². The number of ether oxygens (including phenoxy) is 2. The van der Waals surface area contributed by atoms with Gasteiger partial charge in [-0.2, -0.15) is 0 Å². The molecule has 1 aliphatic carbocycles. The summed E-state index contributed by atoms with van der Waals surface area (Å²) in [6, 6.07) is 11.5. The third-order valence-corrected chi connectivity index (χ3v) is 6.77. The van der Waals surface area contributed by atoms with Gasteiger partial charge in [0.1, 0.15) is 5.52 Å². The topological polar surface area (TPSA) is 73.6 Å². The first kappa shape index (κ1) is 21.1. The predicted molar refractivity (Wildman–Crippen MR) is 122 cm³/mol. The number of carbonyl (C=O) groups excluding carboxylic acids is 1. The number of methoxy groups -OCH3 is 1. The van der Waals surface area contributed by atoms with E-state index in [0.29, 0.717) is 29.5 Å². The van der Waals surface area contributed by atoms with Crippen LogP contribution in [0.15, 0.2) is 40.8 Å². The summed E-state index contributed by atoms with van der Waals surface area (Å²) in [7, 11) is 1.67. The van der Waals surface area contributed by atoms with Gasteiger partial charge in [0.25, 0.3) is 0 Å². The molecule has 0 spiro atoms. The highest BCUT2D eigenvalue weighted by Gasteiger charge is 2.31.